The van der Waals surface area contributed by atoms with Gasteiger partial charge in [-0.05, 0) is 48.4 Å². The Hall–Kier alpha value is -4.17. The van der Waals surface area contributed by atoms with Crippen molar-refractivity contribution in [3.05, 3.63) is 84.6 Å². The number of quaternary nitrogens is 1. The quantitative estimate of drug-likeness (QED) is 0.254. The zero-order valence-corrected chi connectivity index (χ0v) is 21.7. The molecule has 1 N–H and O–H groups in total. The number of halogens is 1. The molecule has 194 valence electrons. The van der Waals surface area contributed by atoms with Crippen LogP contribution < -0.4 is 14.9 Å². The molecule has 38 heavy (non-hydrogen) atoms. The molecular formula is C30H31FN5O2+. The minimum atomic E-state index is -0.222. The van der Waals surface area contributed by atoms with E-state index in [0.717, 1.165) is 59.0 Å². The zero-order valence-electron chi connectivity index (χ0n) is 21.7. The van der Waals surface area contributed by atoms with Gasteiger partial charge in [0.15, 0.2) is 0 Å². The van der Waals surface area contributed by atoms with E-state index in [0.29, 0.717) is 28.5 Å². The van der Waals surface area contributed by atoms with Gasteiger partial charge in [0.2, 0.25) is 5.75 Å². The number of nitrogens with zero attached hydrogens (tertiary/aromatic N) is 4. The first-order chi connectivity index (χ1) is 18.5. The number of methoxy groups -OCH3 is 1. The van der Waals surface area contributed by atoms with E-state index in [1.54, 1.807) is 25.6 Å². The smallest absolute Gasteiger partial charge is 0.206 e. The van der Waals surface area contributed by atoms with Crippen LogP contribution in [0.3, 0.4) is 0 Å². The Balaban J connectivity index is 1.33. The van der Waals surface area contributed by atoms with Crippen LogP contribution in [0.15, 0.2) is 73.2 Å². The third-order valence-electron chi connectivity index (χ3n) is 7.27. The lowest BCUT2D eigenvalue weighted by Crippen LogP contribution is -2.50. The number of hydrogen-bond donors (Lipinski definition) is 1. The van der Waals surface area contributed by atoms with Crippen LogP contribution in [-0.4, -0.2) is 46.4 Å². The van der Waals surface area contributed by atoms with Crippen molar-refractivity contribution in [1.82, 2.24) is 14.5 Å². The number of hydrogen-bond acceptors (Lipinski definition) is 5. The van der Waals surface area contributed by atoms with Gasteiger partial charge in [0.25, 0.3) is 0 Å². The van der Waals surface area contributed by atoms with Crippen molar-refractivity contribution < 1.29 is 18.6 Å². The Morgan fingerprint density at radius 1 is 1.00 bits per heavy atom. The number of aromatic nitrogens is 3. The van der Waals surface area contributed by atoms with Crippen molar-refractivity contribution in [2.45, 2.75) is 25.8 Å². The molecule has 6 rings (SSSR count). The van der Waals surface area contributed by atoms with Crippen LogP contribution >= 0.6 is 0 Å². The largest absolute Gasteiger partial charge is 0.497 e. The number of rotatable bonds is 7. The maximum Gasteiger partial charge on any atom is 0.206 e. The molecule has 7 nitrogen and oxygen atoms in total. The molecular weight excluding hydrogens is 481 g/mol. The van der Waals surface area contributed by atoms with Gasteiger partial charge in [0.1, 0.15) is 43.8 Å². The molecule has 5 aromatic rings. The fourth-order valence-corrected chi connectivity index (χ4v) is 5.31. The molecule has 1 aliphatic rings. The van der Waals surface area contributed by atoms with Crippen molar-refractivity contribution in [3.8, 4) is 11.5 Å². The topological polar surface area (TPSA) is 61.2 Å². The lowest BCUT2D eigenvalue weighted by molar-refractivity contribution is -1.07. The molecule has 0 saturated carbocycles. The van der Waals surface area contributed by atoms with Gasteiger partial charge in [-0.2, -0.15) is 0 Å². The molecule has 1 saturated heterocycles. The van der Waals surface area contributed by atoms with Gasteiger partial charge < -0.3 is 19.5 Å². The highest BCUT2D eigenvalue weighted by molar-refractivity contribution is 5.97. The summed E-state index contributed by atoms with van der Waals surface area (Å²) < 4.78 is 21.8. The van der Waals surface area contributed by atoms with E-state index in [4.69, 9.17) is 9.57 Å². The van der Waals surface area contributed by atoms with E-state index in [1.807, 2.05) is 30.5 Å². The maximum atomic E-state index is 13.7. The van der Waals surface area contributed by atoms with Crippen LogP contribution in [0.4, 0.5) is 15.9 Å². The summed E-state index contributed by atoms with van der Waals surface area (Å²) >= 11 is 0. The molecule has 0 spiro atoms. The zero-order chi connectivity index (χ0) is 26.1. The number of benzene rings is 3. The van der Waals surface area contributed by atoms with Gasteiger partial charge in [0, 0.05) is 54.3 Å². The summed E-state index contributed by atoms with van der Waals surface area (Å²) in [5, 5.41) is 5.39. The molecule has 0 unspecified atom stereocenters. The van der Waals surface area contributed by atoms with Gasteiger partial charge in [-0.25, -0.2) is 14.4 Å². The highest BCUT2D eigenvalue weighted by Crippen LogP contribution is 2.37. The normalized spacial score (nSPS) is 15.0. The van der Waals surface area contributed by atoms with Crippen molar-refractivity contribution in [3.63, 3.8) is 0 Å². The fraction of sp³-hybridized carbons (Fsp3) is 0.267. The third kappa shape index (κ3) is 4.87. The van der Waals surface area contributed by atoms with Crippen molar-refractivity contribution in [1.29, 1.82) is 0 Å². The first-order valence-electron chi connectivity index (χ1n) is 13.0. The Labute approximate surface area is 221 Å². The molecule has 0 atom stereocenters. The summed E-state index contributed by atoms with van der Waals surface area (Å²) in [5.41, 5.74) is 3.65. The van der Waals surface area contributed by atoms with Crippen LogP contribution in [0.2, 0.25) is 0 Å². The molecule has 0 radical (unpaired) electrons. The molecule has 3 heterocycles. The summed E-state index contributed by atoms with van der Waals surface area (Å²) in [6, 6.07) is 18.8. The first-order valence-corrected chi connectivity index (χ1v) is 13.0. The summed E-state index contributed by atoms with van der Waals surface area (Å²) in [6.45, 7) is 2.51. The second-order valence-corrected chi connectivity index (χ2v) is 10.1. The lowest BCUT2D eigenvalue weighted by Gasteiger charge is -2.35. The third-order valence-corrected chi connectivity index (χ3v) is 7.27. The summed E-state index contributed by atoms with van der Waals surface area (Å²) in [7, 11) is 3.78. The van der Waals surface area contributed by atoms with Crippen LogP contribution in [0.1, 0.15) is 24.8 Å². The van der Waals surface area contributed by atoms with Gasteiger partial charge in [-0.15, -0.1) is 4.65 Å². The minimum Gasteiger partial charge on any atom is -0.497 e. The number of fused-ring (bicyclic) bond motifs is 2. The van der Waals surface area contributed by atoms with Crippen LogP contribution in [0.5, 0.6) is 11.5 Å². The average Bonchev–Trinajstić information content (AvgIpc) is 3.30. The molecule has 1 aliphatic heterocycles. The number of ether oxygens (including phenoxy) is 1. The molecule has 0 bridgehead atoms. The van der Waals surface area contributed by atoms with E-state index in [9.17, 15) is 4.39 Å². The monoisotopic (exact) mass is 512 g/mol. The van der Waals surface area contributed by atoms with E-state index < -0.39 is 0 Å². The summed E-state index contributed by atoms with van der Waals surface area (Å²) in [6.07, 6.45) is 7.09. The van der Waals surface area contributed by atoms with E-state index in [2.05, 4.69) is 45.1 Å². The average molecular weight is 513 g/mol. The van der Waals surface area contributed by atoms with Crippen LogP contribution in [0, 0.1) is 5.82 Å². The SMILES string of the molecule is COc1cc(O[N+]2(C)CCCCC2)c2c(Nc3ccc4c(ccn4Cc4cccc(F)c4)c3)ncnc2c1. The predicted octanol–water partition coefficient (Wildman–Crippen LogP) is 6.45. The Morgan fingerprint density at radius 3 is 2.68 bits per heavy atom. The predicted molar refractivity (Wildman–Crippen MR) is 147 cm³/mol. The van der Waals surface area contributed by atoms with Gasteiger partial charge in [0.05, 0.1) is 18.0 Å². The van der Waals surface area contributed by atoms with Crippen LogP contribution in [0.25, 0.3) is 21.8 Å². The lowest BCUT2D eigenvalue weighted by atomic mass is 10.1. The number of anilines is 2. The summed E-state index contributed by atoms with van der Waals surface area (Å²) in [5.74, 6) is 1.85. The molecule has 0 aliphatic carbocycles. The number of hydroxylamine groups is 3. The molecule has 0 amide bonds. The van der Waals surface area contributed by atoms with Crippen molar-refractivity contribution in [2.24, 2.45) is 0 Å². The highest BCUT2D eigenvalue weighted by atomic mass is 19.1. The fourth-order valence-electron chi connectivity index (χ4n) is 5.31. The second-order valence-electron chi connectivity index (χ2n) is 10.1. The number of nitrogens with one attached hydrogen (secondary N) is 1. The van der Waals surface area contributed by atoms with Crippen molar-refractivity contribution >= 4 is 33.3 Å². The summed E-state index contributed by atoms with van der Waals surface area (Å²) in [4.78, 5) is 15.7. The van der Waals surface area contributed by atoms with E-state index >= 15 is 0 Å². The van der Waals surface area contributed by atoms with E-state index in [1.165, 1.54) is 12.5 Å². The number of likely N-dealkylation sites (tertiary alicyclic amines) is 1. The Kier molecular flexibility index (Phi) is 6.33. The van der Waals surface area contributed by atoms with Crippen molar-refractivity contribution in [2.75, 3.05) is 32.6 Å². The van der Waals surface area contributed by atoms with Gasteiger partial charge >= 0.3 is 0 Å². The molecule has 1 fully saturated rings. The second kappa shape index (κ2) is 9.95. The minimum absolute atomic E-state index is 0.222. The molecule has 3 aromatic carbocycles. The maximum absolute atomic E-state index is 13.7. The Morgan fingerprint density at radius 2 is 1.87 bits per heavy atom. The Bertz CT molecular complexity index is 1610. The standard InChI is InChI=1S/C30H31FN5O2/c1-36(13-4-3-5-14-36)38-28-18-25(37-2)17-26-29(28)30(33-20-32-26)34-24-9-10-27-22(16-24)11-12-35(27)19-21-7-6-8-23(31)15-21/h6-12,15-18,20H,3-5,13-14,19H2,1-2H3,(H,32,33,34)/q+1. The van der Waals surface area contributed by atoms with E-state index in [-0.39, 0.29) is 5.82 Å². The highest BCUT2D eigenvalue weighted by Gasteiger charge is 2.30. The van der Waals surface area contributed by atoms with Crippen LogP contribution in [-0.2, 0) is 6.54 Å². The first kappa shape index (κ1) is 24.2. The molecule has 8 heteroatoms. The van der Waals surface area contributed by atoms with Gasteiger partial charge in [-0.1, -0.05) is 12.1 Å². The number of piperidine rings is 1. The molecule has 2 aromatic heterocycles. The van der Waals surface area contributed by atoms with Gasteiger partial charge in [-0.3, -0.25) is 0 Å².